The molecule has 0 saturated heterocycles. The third kappa shape index (κ3) is 5.69. The molecule has 122 valence electrons. The molecular formula is C17H19ClN2O2S. The number of nitrogens with one attached hydrogen (secondary N) is 1. The Labute approximate surface area is 145 Å². The first-order valence-electron chi connectivity index (χ1n) is 7.39. The minimum Gasteiger partial charge on any atom is -0.350 e. The number of thiophene rings is 1. The van der Waals surface area contributed by atoms with Gasteiger partial charge in [-0.15, -0.1) is 11.3 Å². The SMILES string of the molecule is CCN(CC(=O)NCc1cccs1)C(=O)Cc1ccc(Cl)cc1. The molecule has 2 aromatic rings. The van der Waals surface area contributed by atoms with Crippen molar-refractivity contribution in [1.82, 2.24) is 10.2 Å². The monoisotopic (exact) mass is 350 g/mol. The number of rotatable bonds is 7. The lowest BCUT2D eigenvalue weighted by Crippen LogP contribution is -2.41. The number of nitrogens with zero attached hydrogens (tertiary/aromatic N) is 1. The van der Waals surface area contributed by atoms with Gasteiger partial charge >= 0.3 is 0 Å². The molecule has 0 radical (unpaired) electrons. The van der Waals surface area contributed by atoms with Crippen LogP contribution in [0.1, 0.15) is 17.4 Å². The van der Waals surface area contributed by atoms with Crippen LogP contribution >= 0.6 is 22.9 Å². The normalized spacial score (nSPS) is 10.3. The molecule has 2 amide bonds. The maximum Gasteiger partial charge on any atom is 0.239 e. The molecule has 0 atom stereocenters. The molecule has 0 saturated carbocycles. The number of likely N-dealkylation sites (N-methyl/N-ethyl adjacent to an activating group) is 1. The average molecular weight is 351 g/mol. The van der Waals surface area contributed by atoms with E-state index in [0.717, 1.165) is 10.4 Å². The van der Waals surface area contributed by atoms with Gasteiger partial charge in [-0.3, -0.25) is 9.59 Å². The van der Waals surface area contributed by atoms with Crippen LogP contribution in [0.15, 0.2) is 41.8 Å². The molecule has 23 heavy (non-hydrogen) atoms. The van der Waals surface area contributed by atoms with Crippen LogP contribution in [-0.2, 0) is 22.6 Å². The standard InChI is InChI=1S/C17H19ClN2O2S/c1-2-20(12-16(21)19-11-15-4-3-9-23-15)17(22)10-13-5-7-14(18)8-6-13/h3-9H,2,10-12H2,1H3,(H,19,21). The van der Waals surface area contributed by atoms with Gasteiger partial charge in [0, 0.05) is 16.4 Å². The van der Waals surface area contributed by atoms with E-state index in [-0.39, 0.29) is 24.8 Å². The molecule has 1 aromatic carbocycles. The number of carbonyl (C=O) groups excluding carboxylic acids is 2. The summed E-state index contributed by atoms with van der Waals surface area (Å²) in [5, 5.41) is 5.44. The summed E-state index contributed by atoms with van der Waals surface area (Å²) in [6.07, 6.45) is 0.267. The van der Waals surface area contributed by atoms with Crippen molar-refractivity contribution in [2.45, 2.75) is 19.9 Å². The number of amides is 2. The van der Waals surface area contributed by atoms with Crippen LogP contribution in [0.5, 0.6) is 0 Å². The number of carbonyl (C=O) groups is 2. The van der Waals surface area contributed by atoms with Crippen molar-refractivity contribution in [3.8, 4) is 0 Å². The summed E-state index contributed by atoms with van der Waals surface area (Å²) in [7, 11) is 0. The first-order chi connectivity index (χ1) is 11.1. The summed E-state index contributed by atoms with van der Waals surface area (Å²) in [5.74, 6) is -0.217. The molecule has 6 heteroatoms. The van der Waals surface area contributed by atoms with Gasteiger partial charge in [-0.25, -0.2) is 0 Å². The molecule has 4 nitrogen and oxygen atoms in total. The fraction of sp³-hybridized carbons (Fsp3) is 0.294. The van der Waals surface area contributed by atoms with E-state index in [2.05, 4.69) is 5.32 Å². The molecule has 0 spiro atoms. The first-order valence-corrected chi connectivity index (χ1v) is 8.65. The summed E-state index contributed by atoms with van der Waals surface area (Å²) in [4.78, 5) is 26.9. The van der Waals surface area contributed by atoms with Gasteiger partial charge in [0.2, 0.25) is 11.8 Å². The van der Waals surface area contributed by atoms with E-state index in [1.54, 1.807) is 28.4 Å². The third-order valence-corrected chi connectivity index (χ3v) is 4.51. The first kappa shape index (κ1) is 17.5. The maximum atomic E-state index is 12.3. The quantitative estimate of drug-likeness (QED) is 0.834. The second kappa shape index (κ2) is 8.70. The lowest BCUT2D eigenvalue weighted by Gasteiger charge is -2.20. The zero-order chi connectivity index (χ0) is 16.7. The molecule has 0 fully saturated rings. The highest BCUT2D eigenvalue weighted by Gasteiger charge is 2.15. The van der Waals surface area contributed by atoms with Crippen molar-refractivity contribution < 1.29 is 9.59 Å². The van der Waals surface area contributed by atoms with E-state index in [4.69, 9.17) is 11.6 Å². The highest BCUT2D eigenvalue weighted by atomic mass is 35.5. The lowest BCUT2D eigenvalue weighted by atomic mass is 10.1. The Hall–Kier alpha value is -1.85. The van der Waals surface area contributed by atoms with Gasteiger partial charge in [0.15, 0.2) is 0 Å². The Kier molecular flexibility index (Phi) is 6.62. The zero-order valence-corrected chi connectivity index (χ0v) is 14.5. The number of halogens is 1. The molecule has 0 aliphatic carbocycles. The van der Waals surface area contributed by atoms with Crippen LogP contribution in [0.4, 0.5) is 0 Å². The van der Waals surface area contributed by atoms with Crippen LogP contribution in [0.3, 0.4) is 0 Å². The van der Waals surface area contributed by atoms with Crippen LogP contribution in [0, 0.1) is 0 Å². The average Bonchev–Trinajstić information content (AvgIpc) is 3.06. The maximum absolute atomic E-state index is 12.3. The molecule has 2 rings (SSSR count). The molecule has 0 bridgehead atoms. The Morgan fingerprint density at radius 1 is 1.22 bits per heavy atom. The van der Waals surface area contributed by atoms with Gasteiger partial charge in [0.05, 0.1) is 19.5 Å². The minimum absolute atomic E-state index is 0.0684. The van der Waals surface area contributed by atoms with Crippen molar-refractivity contribution in [3.05, 3.63) is 57.2 Å². The lowest BCUT2D eigenvalue weighted by molar-refractivity contribution is -0.135. The largest absolute Gasteiger partial charge is 0.350 e. The van der Waals surface area contributed by atoms with Crippen LogP contribution in [-0.4, -0.2) is 29.8 Å². The second-order valence-corrected chi connectivity index (χ2v) is 6.54. The number of benzene rings is 1. The van der Waals surface area contributed by atoms with Crippen molar-refractivity contribution in [1.29, 1.82) is 0 Å². The Balaban J connectivity index is 1.84. The zero-order valence-electron chi connectivity index (χ0n) is 12.9. The number of hydrogen-bond donors (Lipinski definition) is 1. The molecule has 0 unspecified atom stereocenters. The third-order valence-electron chi connectivity index (χ3n) is 3.38. The van der Waals surface area contributed by atoms with Gasteiger partial charge in [0.25, 0.3) is 0 Å². The molecule has 0 aliphatic rings. The van der Waals surface area contributed by atoms with E-state index in [1.165, 1.54) is 0 Å². The molecule has 0 aliphatic heterocycles. The summed E-state index contributed by atoms with van der Waals surface area (Å²) in [6.45, 7) is 2.94. The predicted molar refractivity (Wildman–Crippen MR) is 93.6 cm³/mol. The highest BCUT2D eigenvalue weighted by Crippen LogP contribution is 2.11. The van der Waals surface area contributed by atoms with Crippen molar-refractivity contribution >= 4 is 34.8 Å². The van der Waals surface area contributed by atoms with E-state index >= 15 is 0 Å². The Bertz CT molecular complexity index is 641. The van der Waals surface area contributed by atoms with Gasteiger partial charge in [0.1, 0.15) is 0 Å². The molecular weight excluding hydrogens is 332 g/mol. The van der Waals surface area contributed by atoms with E-state index in [0.29, 0.717) is 18.1 Å². The molecule has 1 N–H and O–H groups in total. The van der Waals surface area contributed by atoms with Crippen LogP contribution < -0.4 is 5.32 Å². The van der Waals surface area contributed by atoms with Crippen LogP contribution in [0.25, 0.3) is 0 Å². The summed E-state index contributed by atoms with van der Waals surface area (Å²) < 4.78 is 0. The Morgan fingerprint density at radius 3 is 2.57 bits per heavy atom. The molecule has 1 aromatic heterocycles. The fourth-order valence-corrected chi connectivity index (χ4v) is 2.86. The number of hydrogen-bond acceptors (Lipinski definition) is 3. The smallest absolute Gasteiger partial charge is 0.239 e. The van der Waals surface area contributed by atoms with Gasteiger partial charge in [-0.05, 0) is 36.1 Å². The summed E-state index contributed by atoms with van der Waals surface area (Å²) in [6, 6.07) is 11.1. The highest BCUT2D eigenvalue weighted by molar-refractivity contribution is 7.09. The van der Waals surface area contributed by atoms with Crippen molar-refractivity contribution in [2.24, 2.45) is 0 Å². The van der Waals surface area contributed by atoms with E-state index in [9.17, 15) is 9.59 Å². The Morgan fingerprint density at radius 2 is 1.96 bits per heavy atom. The van der Waals surface area contributed by atoms with E-state index < -0.39 is 0 Å². The van der Waals surface area contributed by atoms with Crippen molar-refractivity contribution in [3.63, 3.8) is 0 Å². The van der Waals surface area contributed by atoms with Gasteiger partial charge in [-0.1, -0.05) is 29.8 Å². The second-order valence-electron chi connectivity index (χ2n) is 5.07. The van der Waals surface area contributed by atoms with Gasteiger partial charge in [-0.2, -0.15) is 0 Å². The fourth-order valence-electron chi connectivity index (χ4n) is 2.09. The summed E-state index contributed by atoms with van der Waals surface area (Å²) in [5.41, 5.74) is 0.886. The van der Waals surface area contributed by atoms with Gasteiger partial charge < -0.3 is 10.2 Å². The predicted octanol–water partition coefficient (Wildman–Crippen LogP) is 3.11. The van der Waals surface area contributed by atoms with E-state index in [1.807, 2.05) is 36.6 Å². The minimum atomic E-state index is -0.148. The van der Waals surface area contributed by atoms with Crippen LogP contribution in [0.2, 0.25) is 5.02 Å². The summed E-state index contributed by atoms with van der Waals surface area (Å²) >= 11 is 7.43. The topological polar surface area (TPSA) is 49.4 Å². The molecule has 1 heterocycles. The van der Waals surface area contributed by atoms with Crippen molar-refractivity contribution in [2.75, 3.05) is 13.1 Å².